The zero-order valence-corrected chi connectivity index (χ0v) is 17.5. The van der Waals surface area contributed by atoms with Crippen molar-refractivity contribution in [2.45, 2.75) is 37.0 Å². The van der Waals surface area contributed by atoms with Crippen LogP contribution in [0, 0.1) is 11.2 Å². The Balaban J connectivity index is 1.56. The third kappa shape index (κ3) is 3.90. The maximum Gasteiger partial charge on any atom is 0.430 e. The van der Waals surface area contributed by atoms with E-state index in [1.807, 2.05) is 0 Å². The molecule has 2 aromatic rings. The van der Waals surface area contributed by atoms with Crippen LogP contribution in [0.2, 0.25) is 0 Å². The number of benzene rings is 2. The first kappa shape index (κ1) is 22.7. The highest BCUT2D eigenvalue weighted by molar-refractivity contribution is 5.87. The fourth-order valence-electron chi connectivity index (χ4n) is 5.21. The van der Waals surface area contributed by atoms with Crippen LogP contribution in [-0.2, 0) is 10.4 Å². The van der Waals surface area contributed by atoms with Crippen molar-refractivity contribution >= 4 is 5.91 Å². The maximum absolute atomic E-state index is 13.9. The number of amides is 1. The second-order valence-electron chi connectivity index (χ2n) is 8.79. The van der Waals surface area contributed by atoms with Crippen LogP contribution >= 0.6 is 0 Å². The quantitative estimate of drug-likeness (QED) is 0.696. The molecule has 4 rings (SSSR count). The first-order valence-electron chi connectivity index (χ1n) is 10.8. The molecule has 1 spiro atoms. The minimum absolute atomic E-state index is 0.0738. The van der Waals surface area contributed by atoms with E-state index in [9.17, 15) is 27.5 Å². The van der Waals surface area contributed by atoms with Crippen molar-refractivity contribution in [3.05, 3.63) is 71.5 Å². The van der Waals surface area contributed by atoms with Gasteiger partial charge in [-0.15, -0.1) is 0 Å². The van der Waals surface area contributed by atoms with Crippen LogP contribution in [-0.4, -0.2) is 48.3 Å². The summed E-state index contributed by atoms with van der Waals surface area (Å²) in [6.45, 7) is 1.72. The lowest BCUT2D eigenvalue weighted by Crippen LogP contribution is -2.59. The van der Waals surface area contributed by atoms with Gasteiger partial charge in [0.2, 0.25) is 0 Å². The molecule has 4 nitrogen and oxygen atoms in total. The van der Waals surface area contributed by atoms with Crippen LogP contribution in [0.25, 0.3) is 0 Å². The van der Waals surface area contributed by atoms with Gasteiger partial charge < -0.3 is 15.3 Å². The lowest BCUT2D eigenvalue weighted by atomic mass is 9.62. The van der Waals surface area contributed by atoms with E-state index in [-0.39, 0.29) is 30.2 Å². The van der Waals surface area contributed by atoms with E-state index in [2.05, 4.69) is 5.32 Å². The molecule has 2 N–H and O–H groups in total. The van der Waals surface area contributed by atoms with Crippen molar-refractivity contribution in [3.8, 4) is 0 Å². The van der Waals surface area contributed by atoms with Gasteiger partial charge in [0.1, 0.15) is 5.82 Å². The summed E-state index contributed by atoms with van der Waals surface area (Å²) in [5.41, 5.74) is -3.27. The van der Waals surface area contributed by atoms with Crippen molar-refractivity contribution in [3.63, 3.8) is 0 Å². The van der Waals surface area contributed by atoms with E-state index in [0.29, 0.717) is 19.4 Å². The average Bonchev–Trinajstić information content (AvgIpc) is 2.79. The van der Waals surface area contributed by atoms with Gasteiger partial charge in [0.15, 0.2) is 0 Å². The Morgan fingerprint density at radius 2 is 1.62 bits per heavy atom. The Kier molecular flexibility index (Phi) is 6.02. The van der Waals surface area contributed by atoms with Crippen LogP contribution in [0.1, 0.15) is 36.3 Å². The molecule has 172 valence electrons. The van der Waals surface area contributed by atoms with Gasteiger partial charge in [-0.25, -0.2) is 4.39 Å². The molecule has 1 unspecified atom stereocenters. The van der Waals surface area contributed by atoms with Crippen molar-refractivity contribution in [2.75, 3.05) is 26.2 Å². The van der Waals surface area contributed by atoms with Gasteiger partial charge in [-0.05, 0) is 48.9 Å². The predicted molar refractivity (Wildman–Crippen MR) is 111 cm³/mol. The van der Waals surface area contributed by atoms with E-state index < -0.39 is 23.2 Å². The molecule has 2 aliphatic rings. The number of nitrogens with one attached hydrogen (secondary N) is 1. The Morgan fingerprint density at radius 3 is 2.22 bits per heavy atom. The maximum atomic E-state index is 13.9. The molecule has 0 radical (unpaired) electrons. The number of halogens is 4. The molecule has 0 bridgehead atoms. The van der Waals surface area contributed by atoms with Crippen LogP contribution < -0.4 is 5.32 Å². The summed E-state index contributed by atoms with van der Waals surface area (Å²) >= 11 is 0. The highest BCUT2D eigenvalue weighted by Crippen LogP contribution is 2.49. The number of piperidine rings is 2. The minimum atomic E-state index is -5.15. The largest absolute Gasteiger partial charge is 0.430 e. The number of carbonyl (C=O) groups excluding carboxylic acids is 1. The zero-order valence-electron chi connectivity index (χ0n) is 17.5. The molecular formula is C24H26F4N2O2. The van der Waals surface area contributed by atoms with E-state index in [1.54, 1.807) is 12.1 Å². The fourth-order valence-corrected chi connectivity index (χ4v) is 5.21. The molecule has 2 heterocycles. The topological polar surface area (TPSA) is 52.6 Å². The van der Waals surface area contributed by atoms with Gasteiger partial charge in [0, 0.05) is 31.1 Å². The van der Waals surface area contributed by atoms with Crippen molar-refractivity contribution < 1.29 is 27.5 Å². The number of likely N-dealkylation sites (tertiary alicyclic amines) is 1. The first-order chi connectivity index (χ1) is 15.2. The van der Waals surface area contributed by atoms with Gasteiger partial charge in [-0.3, -0.25) is 4.79 Å². The van der Waals surface area contributed by atoms with E-state index in [4.69, 9.17) is 0 Å². The Morgan fingerprint density at radius 1 is 1.00 bits per heavy atom. The normalized spacial score (nSPS) is 23.0. The van der Waals surface area contributed by atoms with Crippen molar-refractivity contribution in [2.24, 2.45) is 5.41 Å². The van der Waals surface area contributed by atoms with Gasteiger partial charge in [-0.1, -0.05) is 42.5 Å². The zero-order chi connectivity index (χ0) is 23.0. The summed E-state index contributed by atoms with van der Waals surface area (Å²) in [5, 5.41) is 14.0. The number of carbonyl (C=O) groups is 1. The Labute approximate surface area is 184 Å². The van der Waals surface area contributed by atoms with Crippen molar-refractivity contribution in [1.29, 1.82) is 0 Å². The van der Waals surface area contributed by atoms with Gasteiger partial charge in [0.25, 0.3) is 11.5 Å². The number of hydrogen-bond acceptors (Lipinski definition) is 3. The number of alkyl halides is 3. The summed E-state index contributed by atoms with van der Waals surface area (Å²) in [6.07, 6.45) is -3.29. The Bertz CT molecular complexity index is 941. The summed E-state index contributed by atoms with van der Waals surface area (Å²) in [7, 11) is 0. The van der Waals surface area contributed by atoms with Crippen LogP contribution in [0.4, 0.5) is 17.6 Å². The average molecular weight is 450 g/mol. The SMILES string of the molecule is O=C(N1CCC2(CCNCC2c2ccc(F)cc2)CC1)[C@](O)(c1ccccc1)C(F)(F)F. The molecule has 2 saturated heterocycles. The molecule has 2 aromatic carbocycles. The highest BCUT2D eigenvalue weighted by atomic mass is 19.4. The number of rotatable bonds is 3. The van der Waals surface area contributed by atoms with Crippen LogP contribution in [0.5, 0.6) is 0 Å². The summed E-state index contributed by atoms with van der Waals surface area (Å²) in [6, 6.07) is 12.8. The van der Waals surface area contributed by atoms with Crippen LogP contribution in [0.3, 0.4) is 0 Å². The molecule has 0 aliphatic carbocycles. The molecular weight excluding hydrogens is 424 g/mol. The number of aliphatic hydroxyl groups is 1. The molecule has 32 heavy (non-hydrogen) atoms. The highest BCUT2D eigenvalue weighted by Gasteiger charge is 2.62. The lowest BCUT2D eigenvalue weighted by molar-refractivity contribution is -0.262. The minimum Gasteiger partial charge on any atom is -0.369 e. The van der Waals surface area contributed by atoms with Gasteiger partial charge in [-0.2, -0.15) is 13.2 Å². The lowest BCUT2D eigenvalue weighted by Gasteiger charge is -2.50. The van der Waals surface area contributed by atoms with Gasteiger partial charge >= 0.3 is 6.18 Å². The fraction of sp³-hybridized carbons (Fsp3) is 0.458. The monoisotopic (exact) mass is 450 g/mol. The predicted octanol–water partition coefficient (Wildman–Crippen LogP) is 3.96. The molecule has 2 fully saturated rings. The molecule has 1 amide bonds. The second-order valence-corrected chi connectivity index (χ2v) is 8.79. The summed E-state index contributed by atoms with van der Waals surface area (Å²) in [4.78, 5) is 14.2. The summed E-state index contributed by atoms with van der Waals surface area (Å²) in [5.74, 6) is -1.58. The Hall–Kier alpha value is -2.45. The smallest absolute Gasteiger partial charge is 0.369 e. The third-order valence-corrected chi connectivity index (χ3v) is 7.12. The summed E-state index contributed by atoms with van der Waals surface area (Å²) < 4.78 is 55.2. The molecule has 0 saturated carbocycles. The van der Waals surface area contributed by atoms with Crippen molar-refractivity contribution in [1.82, 2.24) is 10.2 Å². The van der Waals surface area contributed by atoms with E-state index in [0.717, 1.165) is 35.6 Å². The third-order valence-electron chi connectivity index (χ3n) is 7.12. The number of nitrogens with zero attached hydrogens (tertiary/aromatic N) is 1. The molecule has 2 atom stereocenters. The van der Waals surface area contributed by atoms with E-state index >= 15 is 0 Å². The molecule has 0 aromatic heterocycles. The molecule has 8 heteroatoms. The van der Waals surface area contributed by atoms with Crippen LogP contribution in [0.15, 0.2) is 54.6 Å². The second kappa shape index (κ2) is 8.48. The standard InChI is InChI=1S/C24H26F4N2O2/c25-19-8-6-17(7-9-19)20-16-29-13-10-22(20)11-14-30(15-12-22)21(31)23(32,24(26,27)28)18-4-2-1-3-5-18/h1-9,20,29,32H,10-16H2/t20?,23-/m1/s1. The van der Waals surface area contributed by atoms with E-state index in [1.165, 1.54) is 30.3 Å². The van der Waals surface area contributed by atoms with Gasteiger partial charge in [0.05, 0.1) is 0 Å². The molecule has 2 aliphatic heterocycles. The first-order valence-corrected chi connectivity index (χ1v) is 10.8. The number of hydrogen-bond donors (Lipinski definition) is 2.